The van der Waals surface area contributed by atoms with Crippen LogP contribution in [0.25, 0.3) is 11.1 Å². The molecule has 0 aliphatic carbocycles. The first kappa shape index (κ1) is 13.6. The Labute approximate surface area is 117 Å². The Morgan fingerprint density at radius 1 is 1.16 bits per heavy atom. The molecule has 19 heavy (non-hydrogen) atoms. The highest BCUT2D eigenvalue weighted by Gasteiger charge is 2.13. The van der Waals surface area contributed by atoms with E-state index in [-0.39, 0.29) is 0 Å². The molecule has 0 amide bonds. The number of benzene rings is 1. The standard InChI is InChI=1S/C14H15ClN2O2/c1-18-13-5-9(7-16)3-4-11(13)12-6-10(15)8-17-14(12)19-2/h3-6,8H,7,16H2,1-2H3. The van der Waals surface area contributed by atoms with Crippen molar-refractivity contribution in [2.45, 2.75) is 6.54 Å². The summed E-state index contributed by atoms with van der Waals surface area (Å²) < 4.78 is 10.7. The molecule has 1 heterocycles. The van der Waals surface area contributed by atoms with Crippen LogP contribution in [-0.4, -0.2) is 19.2 Å². The molecule has 0 aliphatic heterocycles. The van der Waals surface area contributed by atoms with E-state index in [0.29, 0.717) is 23.2 Å². The van der Waals surface area contributed by atoms with Gasteiger partial charge in [0.2, 0.25) is 5.88 Å². The molecule has 2 rings (SSSR count). The summed E-state index contributed by atoms with van der Waals surface area (Å²) in [5.74, 6) is 1.22. The molecular formula is C14H15ClN2O2. The first-order valence-electron chi connectivity index (χ1n) is 5.76. The van der Waals surface area contributed by atoms with E-state index in [1.165, 1.54) is 0 Å². The third kappa shape index (κ3) is 2.80. The molecule has 5 heteroatoms. The predicted molar refractivity (Wildman–Crippen MR) is 75.7 cm³/mol. The van der Waals surface area contributed by atoms with Gasteiger partial charge in [0.05, 0.1) is 19.2 Å². The number of nitrogens with zero attached hydrogens (tertiary/aromatic N) is 1. The molecule has 1 aromatic carbocycles. The summed E-state index contributed by atoms with van der Waals surface area (Å²) >= 11 is 6.00. The number of hydrogen-bond acceptors (Lipinski definition) is 4. The second kappa shape index (κ2) is 5.91. The van der Waals surface area contributed by atoms with E-state index in [0.717, 1.165) is 16.7 Å². The molecule has 1 aromatic heterocycles. The largest absolute Gasteiger partial charge is 0.496 e. The van der Waals surface area contributed by atoms with Crippen molar-refractivity contribution >= 4 is 11.6 Å². The first-order valence-corrected chi connectivity index (χ1v) is 6.14. The Kier molecular flexibility index (Phi) is 4.24. The average molecular weight is 279 g/mol. The van der Waals surface area contributed by atoms with Gasteiger partial charge in [-0.15, -0.1) is 0 Å². The minimum Gasteiger partial charge on any atom is -0.496 e. The molecule has 0 bridgehead atoms. The fourth-order valence-corrected chi connectivity index (χ4v) is 2.03. The van der Waals surface area contributed by atoms with E-state index in [1.807, 2.05) is 18.2 Å². The van der Waals surface area contributed by atoms with Crippen molar-refractivity contribution in [3.05, 3.63) is 41.0 Å². The fraction of sp³-hybridized carbons (Fsp3) is 0.214. The maximum Gasteiger partial charge on any atom is 0.221 e. The van der Waals surface area contributed by atoms with Crippen molar-refractivity contribution in [2.75, 3.05) is 14.2 Å². The summed E-state index contributed by atoms with van der Waals surface area (Å²) in [6.07, 6.45) is 1.55. The van der Waals surface area contributed by atoms with Crippen LogP contribution < -0.4 is 15.2 Å². The summed E-state index contributed by atoms with van der Waals surface area (Å²) in [6, 6.07) is 7.57. The Balaban J connectivity index is 2.60. The maximum absolute atomic E-state index is 6.00. The van der Waals surface area contributed by atoms with Crippen molar-refractivity contribution < 1.29 is 9.47 Å². The minimum absolute atomic E-state index is 0.460. The number of aromatic nitrogens is 1. The molecule has 0 spiro atoms. The van der Waals surface area contributed by atoms with E-state index in [1.54, 1.807) is 26.5 Å². The maximum atomic E-state index is 6.00. The molecule has 0 fully saturated rings. The normalized spacial score (nSPS) is 10.3. The number of rotatable bonds is 4. The molecule has 2 aromatic rings. The van der Waals surface area contributed by atoms with Gasteiger partial charge in [-0.2, -0.15) is 0 Å². The van der Waals surface area contributed by atoms with Crippen LogP contribution in [0, 0.1) is 0 Å². The van der Waals surface area contributed by atoms with Gasteiger partial charge in [-0.3, -0.25) is 0 Å². The topological polar surface area (TPSA) is 57.4 Å². The molecule has 0 radical (unpaired) electrons. The van der Waals surface area contributed by atoms with Gasteiger partial charge in [0.25, 0.3) is 0 Å². The molecule has 0 unspecified atom stereocenters. The van der Waals surface area contributed by atoms with Gasteiger partial charge in [0, 0.05) is 23.9 Å². The molecular weight excluding hydrogens is 264 g/mol. The third-order valence-corrected chi connectivity index (χ3v) is 3.01. The van der Waals surface area contributed by atoms with E-state index in [9.17, 15) is 0 Å². The third-order valence-electron chi connectivity index (χ3n) is 2.80. The smallest absolute Gasteiger partial charge is 0.221 e. The van der Waals surface area contributed by atoms with Crippen molar-refractivity contribution in [3.8, 4) is 22.8 Å². The molecule has 100 valence electrons. The predicted octanol–water partition coefficient (Wildman–Crippen LogP) is 2.88. The highest BCUT2D eigenvalue weighted by Crippen LogP contribution is 2.36. The van der Waals surface area contributed by atoms with Crippen molar-refractivity contribution in [1.29, 1.82) is 0 Å². The van der Waals surface area contributed by atoms with Crippen LogP contribution >= 0.6 is 11.6 Å². The number of methoxy groups -OCH3 is 2. The quantitative estimate of drug-likeness (QED) is 0.934. The zero-order chi connectivity index (χ0) is 13.8. The molecule has 4 nitrogen and oxygen atoms in total. The molecule has 0 atom stereocenters. The van der Waals surface area contributed by atoms with Crippen molar-refractivity contribution in [2.24, 2.45) is 5.73 Å². The van der Waals surface area contributed by atoms with Gasteiger partial charge in [-0.1, -0.05) is 23.7 Å². The summed E-state index contributed by atoms with van der Waals surface area (Å²) in [6.45, 7) is 0.460. The zero-order valence-electron chi connectivity index (χ0n) is 10.8. The lowest BCUT2D eigenvalue weighted by Crippen LogP contribution is -1.99. The minimum atomic E-state index is 0.460. The number of ether oxygens (including phenoxy) is 2. The lowest BCUT2D eigenvalue weighted by molar-refractivity contribution is 0.397. The Hall–Kier alpha value is -1.78. The Morgan fingerprint density at radius 2 is 1.95 bits per heavy atom. The summed E-state index contributed by atoms with van der Waals surface area (Å²) in [5, 5.41) is 0.542. The van der Waals surface area contributed by atoms with Gasteiger partial charge >= 0.3 is 0 Å². The van der Waals surface area contributed by atoms with Crippen molar-refractivity contribution in [1.82, 2.24) is 4.98 Å². The van der Waals surface area contributed by atoms with E-state index < -0.39 is 0 Å². The van der Waals surface area contributed by atoms with E-state index >= 15 is 0 Å². The van der Waals surface area contributed by atoms with E-state index in [4.69, 9.17) is 26.8 Å². The van der Waals surface area contributed by atoms with Crippen LogP contribution in [0.15, 0.2) is 30.5 Å². The van der Waals surface area contributed by atoms with Crippen LogP contribution in [0.4, 0.5) is 0 Å². The van der Waals surface area contributed by atoms with Crippen molar-refractivity contribution in [3.63, 3.8) is 0 Å². The number of pyridine rings is 1. The van der Waals surface area contributed by atoms with E-state index in [2.05, 4.69) is 4.98 Å². The van der Waals surface area contributed by atoms with Gasteiger partial charge in [0.15, 0.2) is 0 Å². The molecule has 2 N–H and O–H groups in total. The van der Waals surface area contributed by atoms with Crippen LogP contribution in [0.5, 0.6) is 11.6 Å². The molecule has 0 aliphatic rings. The summed E-state index contributed by atoms with van der Waals surface area (Å²) in [4.78, 5) is 4.16. The fourth-order valence-electron chi connectivity index (χ4n) is 1.87. The zero-order valence-corrected chi connectivity index (χ0v) is 11.6. The Morgan fingerprint density at radius 3 is 2.58 bits per heavy atom. The van der Waals surface area contributed by atoms with Gasteiger partial charge < -0.3 is 15.2 Å². The molecule has 0 saturated heterocycles. The lowest BCUT2D eigenvalue weighted by atomic mass is 10.0. The van der Waals surface area contributed by atoms with Crippen LogP contribution in [0.3, 0.4) is 0 Å². The lowest BCUT2D eigenvalue weighted by Gasteiger charge is -2.13. The Bertz CT molecular complexity index is 588. The second-order valence-corrected chi connectivity index (χ2v) is 4.39. The van der Waals surface area contributed by atoms with Crippen LogP contribution in [0.1, 0.15) is 5.56 Å². The second-order valence-electron chi connectivity index (χ2n) is 3.95. The monoisotopic (exact) mass is 278 g/mol. The average Bonchev–Trinajstić information content (AvgIpc) is 2.46. The SMILES string of the molecule is COc1cc(CN)ccc1-c1cc(Cl)cnc1OC. The van der Waals surface area contributed by atoms with Gasteiger partial charge in [-0.05, 0) is 17.7 Å². The molecule has 0 saturated carbocycles. The summed E-state index contributed by atoms with van der Waals surface area (Å²) in [7, 11) is 3.18. The van der Waals surface area contributed by atoms with Crippen LogP contribution in [0.2, 0.25) is 5.02 Å². The number of nitrogens with two attached hydrogens (primary N) is 1. The number of halogens is 1. The summed E-state index contributed by atoms with van der Waals surface area (Å²) in [5.41, 5.74) is 8.28. The highest BCUT2D eigenvalue weighted by molar-refractivity contribution is 6.30. The number of hydrogen-bond donors (Lipinski definition) is 1. The first-order chi connectivity index (χ1) is 9.19. The van der Waals surface area contributed by atoms with Gasteiger partial charge in [-0.25, -0.2) is 4.98 Å². The van der Waals surface area contributed by atoms with Crippen LogP contribution in [-0.2, 0) is 6.54 Å². The highest BCUT2D eigenvalue weighted by atomic mass is 35.5. The van der Waals surface area contributed by atoms with Gasteiger partial charge in [0.1, 0.15) is 5.75 Å².